The monoisotopic (exact) mass is 1870 g/mol. The molecule has 8 heterocycles. The Kier molecular flexibility index (Phi) is 21.7. The fourth-order valence-electron chi connectivity index (χ4n) is 21.0. The first-order valence-corrected chi connectivity index (χ1v) is 49.6. The molecule has 0 spiro atoms. The van der Waals surface area contributed by atoms with E-state index in [1.807, 2.05) is 103 Å². The van der Waals surface area contributed by atoms with Crippen molar-refractivity contribution in [3.63, 3.8) is 0 Å². The van der Waals surface area contributed by atoms with Crippen LogP contribution < -0.4 is 0 Å². The molecular formula is C136H87N11. The van der Waals surface area contributed by atoms with Gasteiger partial charge < -0.3 is 0 Å². The molecule has 0 aliphatic carbocycles. The highest BCUT2D eigenvalue weighted by atomic mass is 15.1. The fourth-order valence-corrected chi connectivity index (χ4v) is 21.0. The van der Waals surface area contributed by atoms with Crippen LogP contribution in [0.2, 0.25) is 0 Å². The number of hydrogen-bond acceptors (Lipinski definition) is 8. The highest BCUT2D eigenvalue weighted by Gasteiger charge is 2.25. The van der Waals surface area contributed by atoms with Gasteiger partial charge in [0.15, 0.2) is 16.9 Å². The molecule has 0 radical (unpaired) electrons. The van der Waals surface area contributed by atoms with Crippen LogP contribution in [0.25, 0.3) is 271 Å². The Morgan fingerprint density at radius 3 is 0.789 bits per heavy atom. The van der Waals surface area contributed by atoms with Gasteiger partial charge in [-0.2, -0.15) is 0 Å². The van der Waals surface area contributed by atoms with Crippen LogP contribution in [-0.4, -0.2) is 53.6 Å². The van der Waals surface area contributed by atoms with Gasteiger partial charge in [0.05, 0.1) is 55.3 Å². The Morgan fingerprint density at radius 1 is 0.143 bits per heavy atom. The van der Waals surface area contributed by atoms with Gasteiger partial charge >= 0.3 is 0 Å². The quantitative estimate of drug-likeness (QED) is 0.106. The average molecular weight is 1880 g/mol. The third-order valence-electron chi connectivity index (χ3n) is 28.3. The molecule has 0 aliphatic rings. The molecule has 0 saturated carbocycles. The minimum atomic E-state index is 0.788. The second kappa shape index (κ2) is 37.0. The van der Waals surface area contributed by atoms with Crippen molar-refractivity contribution >= 4 is 132 Å². The van der Waals surface area contributed by atoms with E-state index in [2.05, 4.69) is 438 Å². The van der Waals surface area contributed by atoms with E-state index in [-0.39, 0.29) is 0 Å². The Labute approximate surface area is 847 Å². The molecule has 0 saturated heterocycles. The second-order valence-corrected chi connectivity index (χ2v) is 37.4. The number of hydrogen-bond donors (Lipinski definition) is 0. The van der Waals surface area contributed by atoms with Gasteiger partial charge in [0.2, 0.25) is 0 Å². The van der Waals surface area contributed by atoms with Crippen LogP contribution in [0, 0.1) is 0 Å². The molecule has 0 bridgehead atoms. The van der Waals surface area contributed by atoms with Crippen molar-refractivity contribution in [2.24, 2.45) is 0 Å². The van der Waals surface area contributed by atoms with E-state index in [4.69, 9.17) is 39.9 Å². The van der Waals surface area contributed by atoms with E-state index < -0.39 is 0 Å². The molecule has 11 nitrogen and oxygen atoms in total. The lowest BCUT2D eigenvalue weighted by atomic mass is 9.91. The summed E-state index contributed by atoms with van der Waals surface area (Å²) < 4.78 is 6.62. The van der Waals surface area contributed by atoms with Crippen molar-refractivity contribution in [3.8, 4) is 140 Å². The van der Waals surface area contributed by atoms with Crippen LogP contribution in [0.15, 0.2) is 528 Å². The maximum absolute atomic E-state index is 5.23. The summed E-state index contributed by atoms with van der Waals surface area (Å²) in [6, 6.07) is 184. The van der Waals surface area contributed by atoms with Crippen molar-refractivity contribution in [3.05, 3.63) is 528 Å². The van der Waals surface area contributed by atoms with Crippen molar-refractivity contribution in [1.82, 2.24) is 53.6 Å². The van der Waals surface area contributed by atoms with Crippen molar-refractivity contribution in [2.45, 2.75) is 0 Å². The number of pyridine rings is 2. The molecule has 0 unspecified atom stereocenters. The summed E-state index contributed by atoms with van der Waals surface area (Å²) in [6.45, 7) is 0. The molecule has 0 N–H and O–H groups in total. The smallest absolute Gasteiger partial charge is 0.166 e. The van der Waals surface area contributed by atoms with E-state index in [1.165, 1.54) is 99.1 Å². The Morgan fingerprint density at radius 2 is 0.415 bits per heavy atom. The molecule has 29 rings (SSSR count). The topological polar surface area (TPSA) is 118 Å². The van der Waals surface area contributed by atoms with E-state index in [1.54, 1.807) is 0 Å². The normalized spacial score (nSPS) is 11.5. The van der Waals surface area contributed by atoms with Crippen LogP contribution in [0.4, 0.5) is 0 Å². The van der Waals surface area contributed by atoms with Gasteiger partial charge in [-0.15, -0.1) is 0 Å². The van der Waals surface area contributed by atoms with Crippen LogP contribution in [0.3, 0.4) is 0 Å². The van der Waals surface area contributed by atoms with Crippen LogP contribution in [-0.2, 0) is 0 Å². The largest absolute Gasteiger partial charge is 0.292 e. The maximum atomic E-state index is 5.23. The number of para-hydroxylation sites is 6. The molecule has 21 aromatic carbocycles. The van der Waals surface area contributed by atoms with Crippen molar-refractivity contribution in [1.29, 1.82) is 0 Å². The number of nitrogens with zero attached hydrogens (tertiary/aromatic N) is 11. The third kappa shape index (κ3) is 16.4. The molecular weight excluding hydrogens is 1790 g/mol. The summed E-state index contributed by atoms with van der Waals surface area (Å²) in [5.41, 5.74) is 39.6. The highest BCUT2D eigenvalue weighted by Crippen LogP contribution is 2.45. The lowest BCUT2D eigenvalue weighted by molar-refractivity contribution is 1.06. The Hall–Kier alpha value is -19.9. The average Bonchev–Trinajstić information content (AvgIpc) is 1.59. The van der Waals surface area contributed by atoms with Gasteiger partial charge in [-0.1, -0.05) is 346 Å². The van der Waals surface area contributed by atoms with Gasteiger partial charge in [-0.05, 0) is 320 Å². The predicted molar refractivity (Wildman–Crippen MR) is 610 cm³/mol. The molecule has 11 heteroatoms. The molecule has 0 fully saturated rings. The highest BCUT2D eigenvalue weighted by molar-refractivity contribution is 6.13. The number of fused-ring (bicyclic) bond motifs is 15. The van der Waals surface area contributed by atoms with E-state index in [0.717, 1.165) is 172 Å². The minimum absolute atomic E-state index is 0.788. The molecule has 0 atom stereocenters. The van der Waals surface area contributed by atoms with Gasteiger partial charge in [0.1, 0.15) is 28.2 Å². The fraction of sp³-hybridized carbons (Fsp3) is 0. The summed E-state index contributed by atoms with van der Waals surface area (Å²) >= 11 is 0. The van der Waals surface area contributed by atoms with Crippen molar-refractivity contribution in [2.75, 3.05) is 0 Å². The SMILES string of the molecule is c1ccc(-c2cc(-c3ccccc3)cc(-c3ccc4c5nc6ccccc6nc5n(-c5cc(-c6ccccc6)ccn5)c4c3)c2)cc1.c1ccc(-c2cc(-c3ccccc3)cc(-c3ccc4c5nc6ccccc6nc5n(-c5cccc(-c6ccccc6)n5)c4c3)c2)cc1.c1ccc2cc(-c3cc(-c4ccc5ccccc5c4)cc(-c4ccc5c6nc7ccccc7nc6n(-c6ccc7ccccc7c6)c5c4)c3)ccc2c1. The molecule has 686 valence electrons. The molecule has 8 aromatic heterocycles. The van der Waals surface area contributed by atoms with Crippen LogP contribution in [0.1, 0.15) is 0 Å². The van der Waals surface area contributed by atoms with Gasteiger partial charge in [0.25, 0.3) is 0 Å². The zero-order chi connectivity index (χ0) is 97.2. The molecule has 0 aliphatic heterocycles. The summed E-state index contributed by atoms with van der Waals surface area (Å²) in [6.07, 6.45) is 1.88. The minimum Gasteiger partial charge on any atom is -0.292 e. The maximum Gasteiger partial charge on any atom is 0.166 e. The number of rotatable bonds is 14. The first-order chi connectivity index (χ1) is 72.8. The summed E-state index contributed by atoms with van der Waals surface area (Å²) in [5, 5.41) is 10.5. The summed E-state index contributed by atoms with van der Waals surface area (Å²) in [4.78, 5) is 41.1. The Bertz CT molecular complexity index is 9620. The zero-order valence-electron chi connectivity index (χ0n) is 79.6. The third-order valence-corrected chi connectivity index (χ3v) is 28.3. The number of aromatic nitrogens is 11. The lowest BCUT2D eigenvalue weighted by Gasteiger charge is -2.13. The molecule has 29 aromatic rings. The molecule has 147 heavy (non-hydrogen) atoms. The van der Waals surface area contributed by atoms with Gasteiger partial charge in [-0.25, -0.2) is 39.9 Å². The van der Waals surface area contributed by atoms with Gasteiger partial charge in [-0.3, -0.25) is 13.7 Å². The summed E-state index contributed by atoms with van der Waals surface area (Å²) in [7, 11) is 0. The molecule has 0 amide bonds. The standard InChI is InChI=1S/C50H31N3.2C43H28N4/c1-4-12-35-25-38(19-17-32(35)9-1)41-27-42(39-20-18-33-10-2-5-13-36(33)26-39)29-43(28-41)40-22-24-45-48(31-40)53(44-23-21-34-11-3-6-14-37(34)30-44)50-49(45)51-46-15-7-8-16-47(46)52-50;1-4-13-29(14-5-1)33-25-34(30-15-6-2-7-16-30)27-35(26-33)32-23-24-36-40(28-32)47(43-42(36)45-38-19-10-11-20-39(38)46-43)41-22-12-21-37(44-41)31-17-8-3-9-18-31;1-4-12-29(13-5-1)33-22-23-44-41(28-33)47-40-27-32(20-21-37(40)42-43(47)46-39-19-11-10-18-38(39)45-42)36-25-34(30-14-6-2-7-15-30)24-35(26-36)31-16-8-3-9-17-31/h1-31H;2*1-28H. The Balaban J connectivity index is 0.000000109. The predicted octanol–water partition coefficient (Wildman–Crippen LogP) is 34.8. The van der Waals surface area contributed by atoms with Crippen molar-refractivity contribution < 1.29 is 0 Å². The first-order valence-electron chi connectivity index (χ1n) is 49.6. The summed E-state index contributed by atoms with van der Waals surface area (Å²) in [5.74, 6) is 1.60. The number of benzene rings is 21. The van der Waals surface area contributed by atoms with Crippen LogP contribution >= 0.6 is 0 Å². The van der Waals surface area contributed by atoms with E-state index >= 15 is 0 Å². The van der Waals surface area contributed by atoms with Crippen LogP contribution in [0.5, 0.6) is 0 Å². The van der Waals surface area contributed by atoms with E-state index in [9.17, 15) is 0 Å². The second-order valence-electron chi connectivity index (χ2n) is 37.4. The van der Waals surface area contributed by atoms with Gasteiger partial charge in [0, 0.05) is 33.6 Å². The lowest BCUT2D eigenvalue weighted by Crippen LogP contribution is -2.00. The zero-order valence-corrected chi connectivity index (χ0v) is 79.6. The first kappa shape index (κ1) is 86.2. The van der Waals surface area contributed by atoms with E-state index in [0.29, 0.717) is 0 Å².